The number of hydrogen-bond donors (Lipinski definition) is 0. The molecule has 0 aliphatic heterocycles. The molecule has 0 saturated carbocycles. The van der Waals surface area contributed by atoms with Crippen molar-refractivity contribution in [2.75, 3.05) is 0 Å². The molecule has 0 atom stereocenters. The van der Waals surface area contributed by atoms with Crippen molar-refractivity contribution in [2.45, 2.75) is 5.75 Å². The van der Waals surface area contributed by atoms with Gasteiger partial charge in [-0.2, -0.15) is 0 Å². The van der Waals surface area contributed by atoms with Crippen LogP contribution in [0.1, 0.15) is 6.99 Å². The summed E-state index contributed by atoms with van der Waals surface area (Å²) in [5, 5.41) is 0. The maximum atomic E-state index is 4.69. The molecule has 11 heavy (non-hydrogen) atoms. The summed E-state index contributed by atoms with van der Waals surface area (Å²) in [7, 11) is 0. The molecule has 3 heteroatoms. The average Bonchev–Trinajstić information content (AvgIpc) is 2.03. The van der Waals surface area contributed by atoms with E-state index in [-0.39, 0.29) is 31.0 Å². The summed E-state index contributed by atoms with van der Waals surface area (Å²) >= 11 is 6.34. The molecule has 0 amide bonds. The Morgan fingerprint density at radius 3 is 2.55 bits per heavy atom. The summed E-state index contributed by atoms with van der Waals surface area (Å²) in [5.74, 6) is 0.990. The number of hydrogen-bond acceptors (Lipinski definition) is 2. The van der Waals surface area contributed by atoms with Gasteiger partial charge in [0.15, 0.2) is 0 Å². The molecule has 0 saturated heterocycles. The van der Waals surface area contributed by atoms with Gasteiger partial charge in [-0.25, -0.2) is 0 Å². The number of rotatable bonds is 3. The molecule has 0 nitrogen and oxygen atoms in total. The van der Waals surface area contributed by atoms with E-state index < -0.39 is 0 Å². The van der Waals surface area contributed by atoms with E-state index >= 15 is 0 Å². The Balaban J connectivity index is 0. The molecule has 0 aliphatic rings. The van der Waals surface area contributed by atoms with Gasteiger partial charge in [0.2, 0.25) is 0 Å². The second kappa shape index (κ2) is 7.32. The minimum absolute atomic E-state index is 0. The monoisotopic (exact) mass is 192 g/mol. The average molecular weight is 192 g/mol. The van der Waals surface area contributed by atoms with Crippen molar-refractivity contribution in [3.8, 4) is 0 Å². The Morgan fingerprint density at radius 2 is 2.00 bits per heavy atom. The predicted octanol–water partition coefficient (Wildman–Crippen LogP) is -0.00650. The predicted molar refractivity (Wildman–Crippen MR) is 52.5 cm³/mol. The van der Waals surface area contributed by atoms with Crippen LogP contribution in [-0.4, -0.2) is 4.70 Å². The van der Waals surface area contributed by atoms with Crippen molar-refractivity contribution >= 4 is 28.7 Å². The van der Waals surface area contributed by atoms with Gasteiger partial charge in [-0.1, -0.05) is 42.5 Å². The smallest absolute Gasteiger partial charge is 1.00 e. The number of benzene rings is 1. The maximum absolute atomic E-state index is 4.69. The summed E-state index contributed by atoms with van der Waals surface area (Å²) in [6.45, 7) is 0. The van der Waals surface area contributed by atoms with Crippen LogP contribution in [-0.2, 0) is 5.75 Å². The standard InChI is InChI=1S/C8H8S2.Na.H/c9-7-10-6-8-4-2-1-3-5-8;;/h1-5,7H,6H2;;/q;+1;-1. The summed E-state index contributed by atoms with van der Waals surface area (Å²) in [6, 6.07) is 10.3. The van der Waals surface area contributed by atoms with Crippen molar-refractivity contribution in [3.05, 3.63) is 35.9 Å². The zero-order valence-electron chi connectivity index (χ0n) is 7.49. The van der Waals surface area contributed by atoms with Crippen molar-refractivity contribution in [1.82, 2.24) is 0 Å². The molecule has 0 aromatic heterocycles. The van der Waals surface area contributed by atoms with Gasteiger partial charge in [0.05, 0.1) is 0 Å². The van der Waals surface area contributed by atoms with Gasteiger partial charge in [0, 0.05) is 10.5 Å². The van der Waals surface area contributed by atoms with Crippen LogP contribution in [0.5, 0.6) is 0 Å². The molecule has 0 fully saturated rings. The van der Waals surface area contributed by atoms with Gasteiger partial charge in [-0.05, 0) is 5.56 Å². The molecule has 0 spiro atoms. The number of thiocarbonyl (C=S) groups is 1. The molecule has 0 radical (unpaired) electrons. The fourth-order valence-corrected chi connectivity index (χ4v) is 1.36. The fourth-order valence-electron chi connectivity index (χ4n) is 0.704. The molecular formula is C8H9NaS2. The SMILES string of the molecule is S=CSCc1ccccc1.[H-].[Na+]. The van der Waals surface area contributed by atoms with Gasteiger partial charge >= 0.3 is 29.6 Å². The van der Waals surface area contributed by atoms with Gasteiger partial charge in [0.1, 0.15) is 0 Å². The van der Waals surface area contributed by atoms with Crippen LogP contribution in [0.25, 0.3) is 0 Å². The molecule has 0 bridgehead atoms. The largest absolute Gasteiger partial charge is 1.00 e. The fraction of sp³-hybridized carbons (Fsp3) is 0.125. The minimum Gasteiger partial charge on any atom is -1.00 e. The molecule has 1 aromatic carbocycles. The van der Waals surface area contributed by atoms with Crippen LogP contribution in [0.3, 0.4) is 0 Å². The minimum atomic E-state index is 0. The molecule has 0 N–H and O–H groups in total. The summed E-state index contributed by atoms with van der Waals surface area (Å²) in [6.07, 6.45) is 0. The molecule has 54 valence electrons. The molecule has 0 heterocycles. The van der Waals surface area contributed by atoms with Crippen molar-refractivity contribution in [2.24, 2.45) is 0 Å². The van der Waals surface area contributed by atoms with E-state index in [2.05, 4.69) is 24.4 Å². The Bertz CT molecular complexity index is 203. The van der Waals surface area contributed by atoms with Crippen LogP contribution < -0.4 is 29.6 Å². The molecule has 0 aliphatic carbocycles. The maximum Gasteiger partial charge on any atom is 1.00 e. The Labute approximate surface area is 101 Å². The zero-order chi connectivity index (χ0) is 7.23. The van der Waals surface area contributed by atoms with Gasteiger partial charge < -0.3 is 1.43 Å². The third-order valence-corrected chi connectivity index (χ3v) is 2.21. The number of thioether (sulfide) groups is 1. The van der Waals surface area contributed by atoms with Crippen molar-refractivity contribution < 1.29 is 31.0 Å². The van der Waals surface area contributed by atoms with Crippen LogP contribution in [0, 0.1) is 0 Å². The van der Waals surface area contributed by atoms with Crippen molar-refractivity contribution in [1.29, 1.82) is 0 Å². The van der Waals surface area contributed by atoms with Crippen LogP contribution in [0.4, 0.5) is 0 Å². The van der Waals surface area contributed by atoms with E-state index in [4.69, 9.17) is 0 Å². The van der Waals surface area contributed by atoms with Crippen LogP contribution >= 0.6 is 24.0 Å². The van der Waals surface area contributed by atoms with Crippen molar-refractivity contribution in [3.63, 3.8) is 0 Å². The summed E-state index contributed by atoms with van der Waals surface area (Å²) in [5.41, 5.74) is 1.33. The van der Waals surface area contributed by atoms with E-state index in [0.717, 1.165) is 5.75 Å². The first kappa shape index (κ1) is 11.7. The second-order valence-electron chi connectivity index (χ2n) is 1.89. The van der Waals surface area contributed by atoms with Gasteiger partial charge in [-0.3, -0.25) is 0 Å². The third-order valence-electron chi connectivity index (χ3n) is 1.16. The van der Waals surface area contributed by atoms with Gasteiger partial charge in [-0.15, -0.1) is 11.8 Å². The third kappa shape index (κ3) is 4.99. The second-order valence-corrected chi connectivity index (χ2v) is 3.28. The Morgan fingerprint density at radius 1 is 1.36 bits per heavy atom. The van der Waals surface area contributed by atoms with Gasteiger partial charge in [0.25, 0.3) is 0 Å². The van der Waals surface area contributed by atoms with Crippen LogP contribution in [0.2, 0.25) is 0 Å². The first-order chi connectivity index (χ1) is 4.93. The van der Waals surface area contributed by atoms with E-state index in [9.17, 15) is 0 Å². The Kier molecular flexibility index (Phi) is 7.76. The molecule has 1 aromatic rings. The van der Waals surface area contributed by atoms with E-state index in [1.54, 1.807) is 16.5 Å². The first-order valence-electron chi connectivity index (χ1n) is 3.02. The molecule has 0 unspecified atom stereocenters. The van der Waals surface area contributed by atoms with E-state index in [1.165, 1.54) is 5.56 Å². The topological polar surface area (TPSA) is 0 Å². The Hall–Kier alpha value is 0.660. The zero-order valence-corrected chi connectivity index (χ0v) is 10.1. The first-order valence-corrected chi connectivity index (χ1v) is 4.54. The van der Waals surface area contributed by atoms with E-state index in [1.807, 2.05) is 18.2 Å². The summed E-state index contributed by atoms with van der Waals surface area (Å²) < 4.78 is 1.70. The normalized spacial score (nSPS) is 8.36. The molecule has 1 rings (SSSR count). The molecular weight excluding hydrogens is 183 g/mol. The quantitative estimate of drug-likeness (QED) is 0.488. The van der Waals surface area contributed by atoms with Crippen LogP contribution in [0.15, 0.2) is 30.3 Å². The summed E-state index contributed by atoms with van der Waals surface area (Å²) in [4.78, 5) is 0. The van der Waals surface area contributed by atoms with E-state index in [0.29, 0.717) is 0 Å².